The number of ether oxygens (including phenoxy) is 1. The van der Waals surface area contributed by atoms with Gasteiger partial charge in [0, 0.05) is 24.2 Å². The molecule has 0 radical (unpaired) electrons. The fourth-order valence-electron chi connectivity index (χ4n) is 1.49. The predicted molar refractivity (Wildman–Crippen MR) is 76.8 cm³/mol. The summed E-state index contributed by atoms with van der Waals surface area (Å²) in [6.45, 7) is 0. The molecule has 1 amide bonds. The molecular formula is C14H14N3O4Pd+. The molecule has 118 valence electrons. The molecular weight excluding hydrogens is 381 g/mol. The van der Waals surface area contributed by atoms with Crippen molar-refractivity contribution in [1.29, 1.82) is 0 Å². The Balaban J connectivity index is 0.00000220. The summed E-state index contributed by atoms with van der Waals surface area (Å²) in [4.78, 5) is 15.4. The van der Waals surface area contributed by atoms with Crippen LogP contribution in [-0.4, -0.2) is 24.2 Å². The molecule has 1 aromatic carbocycles. The van der Waals surface area contributed by atoms with Crippen molar-refractivity contribution in [2.75, 3.05) is 7.11 Å². The van der Waals surface area contributed by atoms with E-state index in [9.17, 15) is 9.90 Å². The molecule has 0 bridgehead atoms. The Morgan fingerprint density at radius 2 is 2.00 bits per heavy atom. The zero-order chi connectivity index (χ0) is 14.4. The molecule has 0 aliphatic heterocycles. The third-order valence-corrected chi connectivity index (χ3v) is 2.50. The van der Waals surface area contributed by atoms with E-state index in [1.54, 1.807) is 18.2 Å². The van der Waals surface area contributed by atoms with E-state index >= 15 is 0 Å². The van der Waals surface area contributed by atoms with Crippen LogP contribution < -0.4 is 9.84 Å². The summed E-state index contributed by atoms with van der Waals surface area (Å²) in [5, 5.41) is 15.4. The average Bonchev–Trinajstić information content (AvgIpc) is 2.49. The molecule has 0 saturated carbocycles. The molecule has 1 aromatic heterocycles. The van der Waals surface area contributed by atoms with Gasteiger partial charge in [-0.25, -0.2) is 0 Å². The minimum absolute atomic E-state index is 0. The monoisotopic (exact) mass is 394 g/mol. The van der Waals surface area contributed by atoms with Crippen LogP contribution in [0, 0.1) is 0 Å². The van der Waals surface area contributed by atoms with E-state index in [1.165, 1.54) is 37.9 Å². The van der Waals surface area contributed by atoms with Crippen LogP contribution in [-0.2, 0) is 25.9 Å². The Labute approximate surface area is 141 Å². The van der Waals surface area contributed by atoms with Crippen LogP contribution in [0.3, 0.4) is 0 Å². The molecule has 2 aromatic rings. The first-order valence-electron chi connectivity index (χ1n) is 5.75. The van der Waals surface area contributed by atoms with E-state index in [0.29, 0.717) is 11.1 Å². The molecule has 2 rings (SSSR count). The second kappa shape index (κ2) is 9.63. The van der Waals surface area contributed by atoms with Gasteiger partial charge in [0.25, 0.3) is 0 Å². The summed E-state index contributed by atoms with van der Waals surface area (Å²) in [7, 11) is 1.41. The second-order valence-electron chi connectivity index (χ2n) is 3.76. The van der Waals surface area contributed by atoms with Gasteiger partial charge in [-0.1, -0.05) is 17.9 Å². The van der Waals surface area contributed by atoms with Crippen LogP contribution >= 0.6 is 0 Å². The minimum Gasteiger partial charge on any atom is -0.870 e. The molecule has 0 unspecified atom stereocenters. The minimum atomic E-state index is -0.501. The molecule has 0 atom stereocenters. The summed E-state index contributed by atoms with van der Waals surface area (Å²) >= 11 is 0. The summed E-state index contributed by atoms with van der Waals surface area (Å²) in [5.74, 6) is -0.585. The zero-order valence-corrected chi connectivity index (χ0v) is 13.1. The summed E-state index contributed by atoms with van der Waals surface area (Å²) in [6.07, 6.45) is 4.21. The number of benzene rings is 1. The number of pyridine rings is 1. The van der Waals surface area contributed by atoms with Gasteiger partial charge in [-0.3, -0.25) is 4.98 Å². The number of carbonyl (C=O) groups excluding carboxylic acids is 1. The fourth-order valence-corrected chi connectivity index (χ4v) is 1.49. The Hall–Kier alpha value is -2.27. The summed E-state index contributed by atoms with van der Waals surface area (Å²) < 4.78 is 4.90. The van der Waals surface area contributed by atoms with Gasteiger partial charge in [0.1, 0.15) is 5.75 Å². The van der Waals surface area contributed by atoms with Crippen LogP contribution in [0.1, 0.15) is 15.9 Å². The number of hydrogen-bond donors (Lipinski definition) is 0. The predicted octanol–water partition coefficient (Wildman–Crippen LogP) is 0.787. The van der Waals surface area contributed by atoms with Crippen molar-refractivity contribution >= 4 is 12.1 Å². The van der Waals surface area contributed by atoms with Crippen molar-refractivity contribution < 1.29 is 40.5 Å². The maximum atomic E-state index is 11.8. The van der Waals surface area contributed by atoms with Gasteiger partial charge in [0.2, 0.25) is 0 Å². The Bertz CT molecular complexity index is 635. The van der Waals surface area contributed by atoms with Crippen molar-refractivity contribution in [1.82, 2.24) is 4.98 Å². The normalized spacial score (nSPS) is 9.50. The SMILES string of the molecule is COc1cccc(/C=N/[N-]C(=O)c2ccncc2)c1[O-].[OH3+].[Pd+2]. The Morgan fingerprint density at radius 1 is 1.32 bits per heavy atom. The molecule has 22 heavy (non-hydrogen) atoms. The van der Waals surface area contributed by atoms with Crippen molar-refractivity contribution in [3.05, 3.63) is 59.3 Å². The summed E-state index contributed by atoms with van der Waals surface area (Å²) in [5.41, 5.74) is 4.19. The van der Waals surface area contributed by atoms with E-state index in [1.807, 2.05) is 0 Å². The van der Waals surface area contributed by atoms with Gasteiger partial charge in [-0.05, 0) is 23.8 Å². The quantitative estimate of drug-likeness (QED) is 0.329. The molecule has 0 spiro atoms. The molecule has 0 saturated heterocycles. The van der Waals surface area contributed by atoms with Crippen LogP contribution in [0.4, 0.5) is 0 Å². The number of carbonyl (C=O) groups is 1. The number of hydrogen-bond acceptors (Lipinski definition) is 5. The van der Waals surface area contributed by atoms with E-state index in [2.05, 4.69) is 15.5 Å². The number of aromatic nitrogens is 1. The van der Waals surface area contributed by atoms with Gasteiger partial charge in [0.05, 0.1) is 13.0 Å². The van der Waals surface area contributed by atoms with Crippen LogP contribution in [0.2, 0.25) is 0 Å². The van der Waals surface area contributed by atoms with Crippen molar-refractivity contribution in [3.63, 3.8) is 0 Å². The van der Waals surface area contributed by atoms with E-state index in [4.69, 9.17) is 4.74 Å². The first-order chi connectivity index (χ1) is 9.72. The number of methoxy groups -OCH3 is 1. The third kappa shape index (κ3) is 4.93. The first-order valence-corrected chi connectivity index (χ1v) is 5.75. The van der Waals surface area contributed by atoms with Gasteiger partial charge < -0.3 is 30.6 Å². The molecule has 3 N–H and O–H groups in total. The second-order valence-corrected chi connectivity index (χ2v) is 3.76. The molecule has 0 fully saturated rings. The smallest absolute Gasteiger partial charge is 0.870 e. The maximum absolute atomic E-state index is 11.8. The number of rotatable bonds is 4. The fraction of sp³-hybridized carbons (Fsp3) is 0.0714. The Kier molecular flexibility index (Phi) is 8.64. The standard InChI is InChI=1S/C14H13N3O3.H2O.Pd/c1-20-12-4-2-3-11(13(12)18)9-16-17-14(19)10-5-7-15-8-6-10;;/h2-9H,1H3,(H2,15,16,17,18,19);1H2;/q;;+2/p-1. The third-order valence-electron chi connectivity index (χ3n) is 2.50. The topological polar surface area (TPSA) is 122 Å². The van der Waals surface area contributed by atoms with E-state index in [-0.39, 0.29) is 37.4 Å². The van der Waals surface area contributed by atoms with Crippen LogP contribution in [0.5, 0.6) is 11.5 Å². The largest absolute Gasteiger partial charge is 2.00 e. The zero-order valence-electron chi connectivity index (χ0n) is 11.6. The molecule has 7 nitrogen and oxygen atoms in total. The van der Waals surface area contributed by atoms with E-state index in [0.717, 1.165) is 0 Å². The number of para-hydroxylation sites is 1. The average molecular weight is 395 g/mol. The summed E-state index contributed by atoms with van der Waals surface area (Å²) in [6, 6.07) is 7.85. The maximum Gasteiger partial charge on any atom is 2.00 e. The van der Waals surface area contributed by atoms with Crippen molar-refractivity contribution in [2.45, 2.75) is 0 Å². The first kappa shape index (κ1) is 19.7. The van der Waals surface area contributed by atoms with Crippen molar-refractivity contribution in [2.24, 2.45) is 5.10 Å². The van der Waals surface area contributed by atoms with Gasteiger partial charge in [0.15, 0.2) is 0 Å². The van der Waals surface area contributed by atoms with Crippen LogP contribution in [0.15, 0.2) is 47.8 Å². The van der Waals surface area contributed by atoms with Crippen LogP contribution in [0.25, 0.3) is 5.43 Å². The number of amides is 1. The van der Waals surface area contributed by atoms with E-state index < -0.39 is 5.91 Å². The molecule has 8 heteroatoms. The molecule has 1 heterocycles. The Morgan fingerprint density at radius 3 is 2.64 bits per heavy atom. The van der Waals surface area contributed by atoms with Gasteiger partial charge in [-0.2, -0.15) is 0 Å². The number of nitrogens with zero attached hydrogens (tertiary/aromatic N) is 3. The molecule has 0 aliphatic carbocycles. The van der Waals surface area contributed by atoms with Crippen molar-refractivity contribution in [3.8, 4) is 11.5 Å². The van der Waals surface area contributed by atoms with Gasteiger partial charge >= 0.3 is 20.4 Å². The van der Waals surface area contributed by atoms with Gasteiger partial charge in [-0.15, -0.1) is 0 Å². The molecule has 0 aliphatic rings.